The highest BCUT2D eigenvalue weighted by atomic mass is 16.5. The van der Waals surface area contributed by atoms with E-state index in [1.165, 1.54) is 31.2 Å². The SMILES string of the molecule is COc1cc([C@H]2CC[C@H](N3CCOCC3)CC2)ccc1N. The van der Waals surface area contributed by atoms with Gasteiger partial charge in [-0.3, -0.25) is 4.90 Å². The number of methoxy groups -OCH3 is 1. The lowest BCUT2D eigenvalue weighted by Crippen LogP contribution is -2.44. The van der Waals surface area contributed by atoms with E-state index in [9.17, 15) is 0 Å². The highest BCUT2D eigenvalue weighted by Crippen LogP contribution is 2.37. The Balaban J connectivity index is 1.60. The van der Waals surface area contributed by atoms with Crippen molar-refractivity contribution >= 4 is 5.69 Å². The second-order valence-corrected chi connectivity index (χ2v) is 6.16. The van der Waals surface area contributed by atoms with Crippen molar-refractivity contribution in [2.45, 2.75) is 37.6 Å². The highest BCUT2D eigenvalue weighted by Gasteiger charge is 2.27. The minimum Gasteiger partial charge on any atom is -0.495 e. The number of nitrogens with two attached hydrogens (primary N) is 1. The molecule has 0 bridgehead atoms. The highest BCUT2D eigenvalue weighted by molar-refractivity contribution is 5.54. The van der Waals surface area contributed by atoms with Crippen molar-refractivity contribution in [2.24, 2.45) is 0 Å². The van der Waals surface area contributed by atoms with Gasteiger partial charge < -0.3 is 15.2 Å². The zero-order chi connectivity index (χ0) is 14.7. The number of rotatable bonds is 3. The van der Waals surface area contributed by atoms with Crippen LogP contribution >= 0.6 is 0 Å². The van der Waals surface area contributed by atoms with E-state index in [2.05, 4.69) is 17.0 Å². The molecule has 2 N–H and O–H groups in total. The van der Waals surface area contributed by atoms with Gasteiger partial charge in [0.1, 0.15) is 5.75 Å². The molecule has 0 atom stereocenters. The van der Waals surface area contributed by atoms with Gasteiger partial charge in [0, 0.05) is 19.1 Å². The predicted octanol–water partition coefficient (Wildman–Crippen LogP) is 2.64. The minimum absolute atomic E-state index is 0.650. The second-order valence-electron chi connectivity index (χ2n) is 6.16. The smallest absolute Gasteiger partial charge is 0.142 e. The first-order valence-corrected chi connectivity index (χ1v) is 8.03. The molecule has 1 aromatic rings. The molecule has 0 spiro atoms. The van der Waals surface area contributed by atoms with Crippen molar-refractivity contribution in [1.29, 1.82) is 0 Å². The van der Waals surface area contributed by atoms with Crippen molar-refractivity contribution in [2.75, 3.05) is 39.1 Å². The van der Waals surface area contributed by atoms with Crippen LogP contribution in [0.2, 0.25) is 0 Å². The molecule has 0 radical (unpaired) electrons. The number of nitrogen functional groups attached to an aromatic ring is 1. The number of ether oxygens (including phenoxy) is 2. The van der Waals surface area contributed by atoms with E-state index >= 15 is 0 Å². The normalized spacial score (nSPS) is 27.5. The molecular formula is C17H26N2O2. The van der Waals surface area contributed by atoms with Crippen LogP contribution in [-0.2, 0) is 4.74 Å². The Morgan fingerprint density at radius 2 is 1.86 bits per heavy atom. The lowest BCUT2D eigenvalue weighted by molar-refractivity contribution is 0.00729. The third-order valence-electron chi connectivity index (χ3n) is 4.99. The summed E-state index contributed by atoms with van der Waals surface area (Å²) in [5, 5.41) is 0. The predicted molar refractivity (Wildman–Crippen MR) is 84.8 cm³/mol. The van der Waals surface area contributed by atoms with Gasteiger partial charge in [-0.25, -0.2) is 0 Å². The summed E-state index contributed by atoms with van der Waals surface area (Å²) in [6.07, 6.45) is 5.10. The number of anilines is 1. The first-order valence-electron chi connectivity index (χ1n) is 8.03. The summed E-state index contributed by atoms with van der Waals surface area (Å²) in [6.45, 7) is 4.00. The average Bonchev–Trinajstić information content (AvgIpc) is 2.56. The van der Waals surface area contributed by atoms with E-state index < -0.39 is 0 Å². The Morgan fingerprint density at radius 3 is 2.52 bits per heavy atom. The zero-order valence-electron chi connectivity index (χ0n) is 12.9. The van der Waals surface area contributed by atoms with Crippen molar-refractivity contribution in [3.05, 3.63) is 23.8 Å². The molecule has 1 aliphatic heterocycles. The number of hydrogen-bond donors (Lipinski definition) is 1. The van der Waals surface area contributed by atoms with Gasteiger partial charge in [-0.1, -0.05) is 6.07 Å². The summed E-state index contributed by atoms with van der Waals surface area (Å²) >= 11 is 0. The second kappa shape index (κ2) is 6.67. The molecule has 1 saturated carbocycles. The maximum Gasteiger partial charge on any atom is 0.142 e. The topological polar surface area (TPSA) is 47.7 Å². The van der Waals surface area contributed by atoms with E-state index in [-0.39, 0.29) is 0 Å². The van der Waals surface area contributed by atoms with Crippen molar-refractivity contribution < 1.29 is 9.47 Å². The standard InChI is InChI=1S/C17H26N2O2/c1-20-17-12-14(4-7-16(17)18)13-2-5-15(6-3-13)19-8-10-21-11-9-19/h4,7,12-13,15H,2-3,5-6,8-11,18H2,1H3/t13-,15-. The van der Waals surface area contributed by atoms with Gasteiger partial charge in [0.15, 0.2) is 0 Å². The molecule has 2 aliphatic rings. The van der Waals surface area contributed by atoms with Crippen LogP contribution in [0.25, 0.3) is 0 Å². The van der Waals surface area contributed by atoms with Gasteiger partial charge in [-0.05, 0) is 49.3 Å². The van der Waals surface area contributed by atoms with E-state index in [1.807, 2.05) is 6.07 Å². The molecule has 0 amide bonds. The Bertz CT molecular complexity index is 464. The van der Waals surface area contributed by atoms with Gasteiger partial charge >= 0.3 is 0 Å². The molecule has 4 nitrogen and oxygen atoms in total. The summed E-state index contributed by atoms with van der Waals surface area (Å²) in [6, 6.07) is 7.01. The largest absolute Gasteiger partial charge is 0.495 e. The van der Waals surface area contributed by atoms with Gasteiger partial charge in [-0.2, -0.15) is 0 Å². The fourth-order valence-corrected chi connectivity index (χ4v) is 3.70. The zero-order valence-corrected chi connectivity index (χ0v) is 12.9. The molecule has 1 aromatic carbocycles. The van der Waals surface area contributed by atoms with Crippen LogP contribution in [0.1, 0.15) is 37.2 Å². The fraction of sp³-hybridized carbons (Fsp3) is 0.647. The van der Waals surface area contributed by atoms with Gasteiger partial charge in [-0.15, -0.1) is 0 Å². The third kappa shape index (κ3) is 3.33. The molecule has 1 heterocycles. The number of hydrogen-bond acceptors (Lipinski definition) is 4. The Hall–Kier alpha value is -1.26. The summed E-state index contributed by atoms with van der Waals surface area (Å²) in [5.41, 5.74) is 8.01. The van der Waals surface area contributed by atoms with E-state index in [1.54, 1.807) is 7.11 Å². The van der Waals surface area contributed by atoms with Crippen LogP contribution in [0.5, 0.6) is 5.75 Å². The molecule has 21 heavy (non-hydrogen) atoms. The van der Waals surface area contributed by atoms with Crippen LogP contribution < -0.4 is 10.5 Å². The molecule has 2 fully saturated rings. The molecular weight excluding hydrogens is 264 g/mol. The molecule has 4 heteroatoms. The van der Waals surface area contributed by atoms with Crippen LogP contribution in [0, 0.1) is 0 Å². The first-order chi connectivity index (χ1) is 10.3. The Morgan fingerprint density at radius 1 is 1.14 bits per heavy atom. The van der Waals surface area contributed by atoms with Crippen LogP contribution in [0.4, 0.5) is 5.69 Å². The lowest BCUT2D eigenvalue weighted by atomic mass is 9.81. The maximum atomic E-state index is 5.91. The first kappa shape index (κ1) is 14.7. The van der Waals surface area contributed by atoms with E-state index in [4.69, 9.17) is 15.2 Å². The van der Waals surface area contributed by atoms with Crippen molar-refractivity contribution in [1.82, 2.24) is 4.90 Å². The molecule has 0 aromatic heterocycles. The third-order valence-corrected chi connectivity index (χ3v) is 4.99. The van der Waals surface area contributed by atoms with Crippen LogP contribution in [0.15, 0.2) is 18.2 Å². The Labute approximate surface area is 127 Å². The average molecular weight is 290 g/mol. The lowest BCUT2D eigenvalue weighted by Gasteiger charge is -2.39. The number of nitrogens with zero attached hydrogens (tertiary/aromatic N) is 1. The summed E-state index contributed by atoms with van der Waals surface area (Å²) in [4.78, 5) is 2.61. The summed E-state index contributed by atoms with van der Waals surface area (Å²) < 4.78 is 10.8. The van der Waals surface area contributed by atoms with Crippen LogP contribution in [-0.4, -0.2) is 44.4 Å². The quantitative estimate of drug-likeness (QED) is 0.869. The molecule has 116 valence electrons. The van der Waals surface area contributed by atoms with Gasteiger partial charge in [0.25, 0.3) is 0 Å². The number of benzene rings is 1. The monoisotopic (exact) mass is 290 g/mol. The number of morpholine rings is 1. The van der Waals surface area contributed by atoms with Gasteiger partial charge in [0.05, 0.1) is 26.0 Å². The van der Waals surface area contributed by atoms with E-state index in [0.717, 1.165) is 43.8 Å². The van der Waals surface area contributed by atoms with Crippen LogP contribution in [0.3, 0.4) is 0 Å². The molecule has 1 aliphatic carbocycles. The molecule has 0 unspecified atom stereocenters. The molecule has 1 saturated heterocycles. The van der Waals surface area contributed by atoms with Gasteiger partial charge in [0.2, 0.25) is 0 Å². The maximum absolute atomic E-state index is 5.91. The summed E-state index contributed by atoms with van der Waals surface area (Å²) in [7, 11) is 1.69. The van der Waals surface area contributed by atoms with E-state index in [0.29, 0.717) is 5.92 Å². The minimum atomic E-state index is 0.650. The Kier molecular flexibility index (Phi) is 4.66. The fourth-order valence-electron chi connectivity index (χ4n) is 3.70. The summed E-state index contributed by atoms with van der Waals surface area (Å²) in [5.74, 6) is 1.46. The van der Waals surface area contributed by atoms with Crippen molar-refractivity contribution in [3.8, 4) is 5.75 Å². The molecule has 3 rings (SSSR count). The van der Waals surface area contributed by atoms with Crippen molar-refractivity contribution in [3.63, 3.8) is 0 Å².